The minimum absolute atomic E-state index is 0.180. The molecule has 0 spiro atoms. The summed E-state index contributed by atoms with van der Waals surface area (Å²) in [4.78, 5) is 12.1. The van der Waals surface area contributed by atoms with Gasteiger partial charge in [0, 0.05) is 22.0 Å². The van der Waals surface area contributed by atoms with E-state index >= 15 is 0 Å². The van der Waals surface area contributed by atoms with Crippen LogP contribution in [0.15, 0.2) is 27.3 Å². The Morgan fingerprint density at radius 1 is 1.32 bits per heavy atom. The van der Waals surface area contributed by atoms with Crippen molar-refractivity contribution in [2.24, 2.45) is 0 Å². The fourth-order valence-corrected chi connectivity index (χ4v) is 2.67. The minimum atomic E-state index is -0.188. The molecule has 0 saturated carbocycles. The van der Waals surface area contributed by atoms with Crippen molar-refractivity contribution in [2.75, 3.05) is 5.32 Å². The molecule has 0 unspecified atom stereocenters. The van der Waals surface area contributed by atoms with Gasteiger partial charge in [-0.1, -0.05) is 16.8 Å². The van der Waals surface area contributed by atoms with E-state index in [2.05, 4.69) is 10.5 Å². The summed E-state index contributed by atoms with van der Waals surface area (Å²) < 4.78 is 10.5. The molecule has 2 heterocycles. The highest BCUT2D eigenvalue weighted by atomic mass is 35.5. The van der Waals surface area contributed by atoms with Crippen molar-refractivity contribution in [3.05, 3.63) is 45.9 Å². The molecule has 0 radical (unpaired) electrons. The van der Waals surface area contributed by atoms with Crippen molar-refractivity contribution in [1.29, 1.82) is 0 Å². The molecule has 0 aliphatic carbocycles. The van der Waals surface area contributed by atoms with Crippen LogP contribution in [0.3, 0.4) is 0 Å². The van der Waals surface area contributed by atoms with Gasteiger partial charge in [-0.3, -0.25) is 4.79 Å². The molecular formula is C16H15ClN2O3. The lowest BCUT2D eigenvalue weighted by molar-refractivity contribution is -0.115. The number of halogens is 1. The summed E-state index contributed by atoms with van der Waals surface area (Å²) in [6.07, 6.45) is 1.78. The van der Waals surface area contributed by atoms with E-state index in [0.717, 1.165) is 27.7 Å². The Labute approximate surface area is 132 Å². The van der Waals surface area contributed by atoms with Crippen LogP contribution in [0.25, 0.3) is 11.0 Å². The predicted molar refractivity (Wildman–Crippen MR) is 84.3 cm³/mol. The second kappa shape index (κ2) is 5.50. The fraction of sp³-hybridized carbons (Fsp3) is 0.250. The Hall–Kier alpha value is -2.27. The number of hydrogen-bond donors (Lipinski definition) is 1. The molecule has 1 aromatic carbocycles. The van der Waals surface area contributed by atoms with Crippen LogP contribution in [0.4, 0.5) is 5.82 Å². The predicted octanol–water partition coefficient (Wildman–Crippen LogP) is 4.18. The van der Waals surface area contributed by atoms with Crippen LogP contribution in [-0.4, -0.2) is 11.1 Å². The number of carbonyl (C=O) groups is 1. The van der Waals surface area contributed by atoms with E-state index in [1.807, 2.05) is 19.9 Å². The molecule has 114 valence electrons. The number of aryl methyl sites for hydroxylation is 3. The number of aromatic nitrogens is 1. The van der Waals surface area contributed by atoms with E-state index in [1.54, 1.807) is 19.3 Å². The molecule has 6 heteroatoms. The van der Waals surface area contributed by atoms with Gasteiger partial charge in [-0.05, 0) is 38.0 Å². The maximum Gasteiger partial charge on any atom is 0.230 e. The van der Waals surface area contributed by atoms with Gasteiger partial charge in [-0.2, -0.15) is 0 Å². The maximum absolute atomic E-state index is 12.1. The molecule has 5 nitrogen and oxygen atoms in total. The monoisotopic (exact) mass is 318 g/mol. The largest absolute Gasteiger partial charge is 0.464 e. The Balaban J connectivity index is 1.88. The first-order valence-electron chi connectivity index (χ1n) is 6.84. The fourth-order valence-electron chi connectivity index (χ4n) is 2.52. The number of furan rings is 1. The average Bonchev–Trinajstić information content (AvgIpc) is 3.03. The first kappa shape index (κ1) is 14.7. The summed E-state index contributed by atoms with van der Waals surface area (Å²) in [6.45, 7) is 5.62. The molecular weight excluding hydrogens is 304 g/mol. The first-order valence-corrected chi connectivity index (χ1v) is 7.22. The molecule has 0 atom stereocenters. The molecule has 3 aromatic rings. The minimum Gasteiger partial charge on any atom is -0.464 e. The van der Waals surface area contributed by atoms with E-state index in [1.165, 1.54) is 0 Å². The third-order valence-corrected chi connectivity index (χ3v) is 4.12. The van der Waals surface area contributed by atoms with Crippen molar-refractivity contribution < 1.29 is 13.7 Å². The third kappa shape index (κ3) is 2.60. The lowest BCUT2D eigenvalue weighted by Gasteiger charge is -2.05. The topological polar surface area (TPSA) is 68.3 Å². The van der Waals surface area contributed by atoms with E-state index < -0.39 is 0 Å². The van der Waals surface area contributed by atoms with Gasteiger partial charge >= 0.3 is 0 Å². The van der Waals surface area contributed by atoms with E-state index in [4.69, 9.17) is 20.5 Å². The number of amides is 1. The molecule has 22 heavy (non-hydrogen) atoms. The molecule has 0 fully saturated rings. The normalized spacial score (nSPS) is 11.1. The number of hydrogen-bond acceptors (Lipinski definition) is 4. The van der Waals surface area contributed by atoms with Crippen LogP contribution in [-0.2, 0) is 11.2 Å². The molecule has 0 aliphatic heterocycles. The summed E-state index contributed by atoms with van der Waals surface area (Å²) >= 11 is 6.29. The Kier molecular flexibility index (Phi) is 3.66. The molecule has 2 aromatic heterocycles. The number of fused-ring (bicyclic) bond motifs is 1. The van der Waals surface area contributed by atoms with Crippen LogP contribution in [0.5, 0.6) is 0 Å². The van der Waals surface area contributed by atoms with Gasteiger partial charge in [-0.15, -0.1) is 0 Å². The molecule has 3 rings (SSSR count). The number of rotatable bonds is 3. The Morgan fingerprint density at radius 2 is 2.09 bits per heavy atom. The van der Waals surface area contributed by atoms with Gasteiger partial charge in [0.1, 0.15) is 11.3 Å². The zero-order chi connectivity index (χ0) is 15.9. The maximum atomic E-state index is 12.1. The summed E-state index contributed by atoms with van der Waals surface area (Å²) in [6, 6.07) is 3.55. The number of carbonyl (C=O) groups excluding carboxylic acids is 1. The SMILES string of the molecule is Cc1cc(NC(=O)Cc2coc3cc(C)c(Cl)c(C)c23)no1. The highest BCUT2D eigenvalue weighted by Crippen LogP contribution is 2.32. The van der Waals surface area contributed by atoms with Crippen molar-refractivity contribution in [1.82, 2.24) is 5.16 Å². The van der Waals surface area contributed by atoms with Gasteiger partial charge in [0.2, 0.25) is 5.91 Å². The summed E-state index contributed by atoms with van der Waals surface area (Å²) in [5.74, 6) is 0.857. The number of nitrogens with zero attached hydrogens (tertiary/aromatic N) is 1. The Morgan fingerprint density at radius 3 is 2.77 bits per heavy atom. The van der Waals surface area contributed by atoms with E-state index in [-0.39, 0.29) is 12.3 Å². The van der Waals surface area contributed by atoms with Crippen molar-refractivity contribution in [3.8, 4) is 0 Å². The van der Waals surface area contributed by atoms with Gasteiger partial charge in [0.15, 0.2) is 5.82 Å². The second-order valence-corrected chi connectivity index (χ2v) is 5.69. The molecule has 1 N–H and O–H groups in total. The van der Waals surface area contributed by atoms with Crippen molar-refractivity contribution in [3.63, 3.8) is 0 Å². The van der Waals surface area contributed by atoms with Crippen LogP contribution in [0.1, 0.15) is 22.5 Å². The van der Waals surface area contributed by atoms with Crippen molar-refractivity contribution in [2.45, 2.75) is 27.2 Å². The van der Waals surface area contributed by atoms with Gasteiger partial charge in [0.05, 0.1) is 12.7 Å². The molecule has 0 bridgehead atoms. The summed E-state index contributed by atoms with van der Waals surface area (Å²) in [5, 5.41) is 8.02. The number of nitrogens with one attached hydrogen (secondary N) is 1. The van der Waals surface area contributed by atoms with Crippen LogP contribution in [0, 0.1) is 20.8 Å². The highest BCUT2D eigenvalue weighted by Gasteiger charge is 2.16. The smallest absolute Gasteiger partial charge is 0.230 e. The van der Waals surface area contributed by atoms with Crippen LogP contribution < -0.4 is 5.32 Å². The number of anilines is 1. The summed E-state index contributed by atoms with van der Waals surface area (Å²) in [7, 11) is 0. The standard InChI is InChI=1S/C16H15ClN2O3/c1-8-4-12-15(10(3)16(8)17)11(7-21-12)6-14(20)18-13-5-9(2)22-19-13/h4-5,7H,6H2,1-3H3,(H,18,19,20). The van der Waals surface area contributed by atoms with E-state index in [9.17, 15) is 4.79 Å². The first-order chi connectivity index (χ1) is 10.5. The van der Waals surface area contributed by atoms with Crippen molar-refractivity contribution >= 4 is 34.3 Å². The highest BCUT2D eigenvalue weighted by molar-refractivity contribution is 6.33. The zero-order valence-electron chi connectivity index (χ0n) is 12.5. The zero-order valence-corrected chi connectivity index (χ0v) is 13.2. The molecule has 0 aliphatic rings. The lowest BCUT2D eigenvalue weighted by Crippen LogP contribution is -2.14. The van der Waals surface area contributed by atoms with E-state index in [0.29, 0.717) is 16.6 Å². The average molecular weight is 319 g/mol. The molecule has 0 saturated heterocycles. The van der Waals surface area contributed by atoms with Gasteiger partial charge in [-0.25, -0.2) is 0 Å². The number of benzene rings is 1. The van der Waals surface area contributed by atoms with Gasteiger partial charge < -0.3 is 14.3 Å². The summed E-state index contributed by atoms with van der Waals surface area (Å²) in [5.41, 5.74) is 3.41. The quantitative estimate of drug-likeness (QED) is 0.786. The van der Waals surface area contributed by atoms with Crippen LogP contribution in [0.2, 0.25) is 5.02 Å². The second-order valence-electron chi connectivity index (χ2n) is 5.31. The molecule has 1 amide bonds. The Bertz CT molecular complexity index is 864. The van der Waals surface area contributed by atoms with Gasteiger partial charge in [0.25, 0.3) is 0 Å². The van der Waals surface area contributed by atoms with Crippen LogP contribution >= 0.6 is 11.6 Å². The lowest BCUT2D eigenvalue weighted by atomic mass is 10.0. The third-order valence-electron chi connectivity index (χ3n) is 3.54.